The maximum atomic E-state index is 13.7. The molecular weight excluding hydrogens is 660 g/mol. The van der Waals surface area contributed by atoms with Crippen molar-refractivity contribution in [1.29, 1.82) is 0 Å². The van der Waals surface area contributed by atoms with E-state index >= 15 is 0 Å². The first kappa shape index (κ1) is 37.6. The van der Waals surface area contributed by atoms with Gasteiger partial charge in [0.2, 0.25) is 5.95 Å². The molecule has 3 aromatic rings. The van der Waals surface area contributed by atoms with Crippen molar-refractivity contribution >= 4 is 41.7 Å². The van der Waals surface area contributed by atoms with E-state index in [9.17, 15) is 42.6 Å². The van der Waals surface area contributed by atoms with Crippen LogP contribution in [0.4, 0.5) is 19.1 Å². The first-order valence-electron chi connectivity index (χ1n) is 13.7. The summed E-state index contributed by atoms with van der Waals surface area (Å²) in [6.07, 6.45) is -7.18. The van der Waals surface area contributed by atoms with Crippen molar-refractivity contribution < 1.29 is 51.6 Å². The van der Waals surface area contributed by atoms with Crippen LogP contribution in [0.15, 0.2) is 35.4 Å². The van der Waals surface area contributed by atoms with Gasteiger partial charge in [0.15, 0.2) is 16.3 Å². The number of imidazole rings is 1. The lowest BCUT2D eigenvalue weighted by Gasteiger charge is -2.28. The molecule has 0 aliphatic rings. The third-order valence-electron chi connectivity index (χ3n) is 6.52. The molecule has 0 aliphatic carbocycles. The van der Waals surface area contributed by atoms with Crippen molar-refractivity contribution in [2.24, 2.45) is 5.41 Å². The number of aromatic nitrogens is 4. The number of halogens is 3. The second-order valence-electron chi connectivity index (χ2n) is 10.6. The van der Waals surface area contributed by atoms with E-state index in [0.717, 1.165) is 23.9 Å². The van der Waals surface area contributed by atoms with Crippen molar-refractivity contribution in [3.05, 3.63) is 52.1 Å². The number of carbonyl (C=O) groups excluding carboxylic acids is 1. The Morgan fingerprint density at radius 2 is 1.89 bits per heavy atom. The molecule has 0 saturated carbocycles. The first-order chi connectivity index (χ1) is 21.5. The Bertz CT molecular complexity index is 1570. The lowest BCUT2D eigenvalue weighted by atomic mass is 9.97. The van der Waals surface area contributed by atoms with Gasteiger partial charge in [-0.25, -0.2) is 14.6 Å². The lowest BCUT2D eigenvalue weighted by Crippen LogP contribution is -2.38. The van der Waals surface area contributed by atoms with E-state index in [1.807, 2.05) is 0 Å². The van der Waals surface area contributed by atoms with Gasteiger partial charge in [0.1, 0.15) is 18.4 Å². The Labute approximate surface area is 265 Å². The van der Waals surface area contributed by atoms with Crippen LogP contribution < -0.4 is 16.4 Å². The molecule has 0 amide bonds. The van der Waals surface area contributed by atoms with Crippen LogP contribution >= 0.6 is 19.5 Å². The second-order valence-corrected chi connectivity index (χ2v) is 13.5. The zero-order valence-corrected chi connectivity index (χ0v) is 26.8. The van der Waals surface area contributed by atoms with Crippen LogP contribution in [0.2, 0.25) is 0 Å². The Morgan fingerprint density at radius 3 is 2.50 bits per heavy atom. The SMILES string of the molecule is CC(O[C@H](COP(=O)(NCc1ccc(C(F)(F)F)cc1)OCCSC(=O)C(C)(C)CO)C(O)CO)n1cnc2c(=O)[nH]c(N)nc21. The zero-order valence-electron chi connectivity index (χ0n) is 25.1. The highest BCUT2D eigenvalue weighted by molar-refractivity contribution is 8.13. The molecule has 3 rings (SSSR count). The van der Waals surface area contributed by atoms with Crippen molar-refractivity contribution in [2.75, 3.05) is 37.9 Å². The Morgan fingerprint density at radius 1 is 1.22 bits per heavy atom. The number of hydrogen-bond donors (Lipinski definition) is 6. The van der Waals surface area contributed by atoms with Gasteiger partial charge in [0.25, 0.3) is 5.56 Å². The molecular formula is C26H36F3N6O9PS. The van der Waals surface area contributed by atoms with Crippen LogP contribution in [0, 0.1) is 5.41 Å². The average Bonchev–Trinajstić information content (AvgIpc) is 3.44. The van der Waals surface area contributed by atoms with Gasteiger partial charge in [0.05, 0.1) is 43.7 Å². The predicted molar refractivity (Wildman–Crippen MR) is 161 cm³/mol. The molecule has 2 aromatic heterocycles. The van der Waals surface area contributed by atoms with Gasteiger partial charge in [-0.05, 0) is 38.5 Å². The van der Waals surface area contributed by atoms with Crippen LogP contribution in [0.1, 0.15) is 38.1 Å². The lowest BCUT2D eigenvalue weighted by molar-refractivity contribution is -0.137. The fourth-order valence-corrected chi connectivity index (χ4v) is 5.98. The monoisotopic (exact) mass is 696 g/mol. The molecule has 0 bridgehead atoms. The number of ether oxygens (including phenoxy) is 1. The number of benzene rings is 1. The van der Waals surface area contributed by atoms with Gasteiger partial charge in [-0.1, -0.05) is 23.9 Å². The van der Waals surface area contributed by atoms with Crippen LogP contribution in [-0.2, 0) is 35.9 Å². The Balaban J connectivity index is 1.75. The molecule has 0 radical (unpaired) electrons. The van der Waals surface area contributed by atoms with E-state index in [0.29, 0.717) is 5.56 Å². The third kappa shape index (κ3) is 10.1. The molecule has 15 nitrogen and oxygen atoms in total. The number of nitrogens with two attached hydrogens (primary N) is 1. The number of aliphatic hydroxyl groups excluding tert-OH is 3. The third-order valence-corrected chi connectivity index (χ3v) is 9.27. The molecule has 2 heterocycles. The van der Waals surface area contributed by atoms with Crippen LogP contribution in [0.5, 0.6) is 0 Å². The topological polar surface area (TPSA) is 224 Å². The number of alkyl halides is 3. The number of carbonyl (C=O) groups is 1. The predicted octanol–water partition coefficient (Wildman–Crippen LogP) is 2.19. The van der Waals surface area contributed by atoms with Gasteiger partial charge in [-0.2, -0.15) is 18.2 Å². The summed E-state index contributed by atoms with van der Waals surface area (Å²) in [4.78, 5) is 34.8. The Hall–Kier alpha value is -2.87. The summed E-state index contributed by atoms with van der Waals surface area (Å²) in [6, 6.07) is 4.06. The molecule has 3 unspecified atom stereocenters. The van der Waals surface area contributed by atoms with Gasteiger partial charge >= 0.3 is 13.9 Å². The van der Waals surface area contributed by atoms with E-state index in [1.54, 1.807) is 13.8 Å². The molecule has 46 heavy (non-hydrogen) atoms. The number of anilines is 1. The number of nitrogens with one attached hydrogen (secondary N) is 2. The molecule has 0 saturated heterocycles. The molecule has 256 valence electrons. The number of aliphatic hydroxyl groups is 3. The van der Waals surface area contributed by atoms with E-state index < -0.39 is 68.7 Å². The maximum Gasteiger partial charge on any atom is 0.416 e. The summed E-state index contributed by atoms with van der Waals surface area (Å²) >= 11 is 0.829. The molecule has 0 aliphatic heterocycles. The fraction of sp³-hybridized carbons (Fsp3) is 0.538. The van der Waals surface area contributed by atoms with Crippen LogP contribution in [-0.4, -0.2) is 84.3 Å². The molecule has 1 aromatic carbocycles. The summed E-state index contributed by atoms with van der Waals surface area (Å²) < 4.78 is 70.9. The molecule has 0 fully saturated rings. The highest BCUT2D eigenvalue weighted by atomic mass is 32.2. The number of fused-ring (bicyclic) bond motifs is 1. The van der Waals surface area contributed by atoms with E-state index in [4.69, 9.17) is 19.5 Å². The van der Waals surface area contributed by atoms with Gasteiger partial charge in [-0.15, -0.1) is 0 Å². The normalized spacial score (nSPS) is 15.8. The maximum absolute atomic E-state index is 13.7. The number of thioether (sulfide) groups is 1. The number of nitrogen functional groups attached to an aromatic ring is 1. The van der Waals surface area contributed by atoms with Crippen molar-refractivity contribution in [2.45, 2.75) is 51.9 Å². The van der Waals surface area contributed by atoms with Crippen LogP contribution in [0.25, 0.3) is 11.2 Å². The van der Waals surface area contributed by atoms with E-state index in [1.165, 1.54) is 30.0 Å². The first-order valence-corrected chi connectivity index (χ1v) is 16.3. The van der Waals surface area contributed by atoms with Crippen molar-refractivity contribution in [3.8, 4) is 0 Å². The van der Waals surface area contributed by atoms with E-state index in [2.05, 4.69) is 20.0 Å². The average molecular weight is 697 g/mol. The number of rotatable bonds is 17. The number of aromatic amines is 1. The smallest absolute Gasteiger partial charge is 0.395 e. The highest BCUT2D eigenvalue weighted by Gasteiger charge is 2.33. The second kappa shape index (κ2) is 15.8. The van der Waals surface area contributed by atoms with Gasteiger partial charge in [0, 0.05) is 12.3 Å². The summed E-state index contributed by atoms with van der Waals surface area (Å²) in [6.45, 7) is 2.25. The van der Waals surface area contributed by atoms with Gasteiger partial charge in [-0.3, -0.25) is 28.2 Å². The number of hydrogen-bond acceptors (Lipinski definition) is 13. The minimum Gasteiger partial charge on any atom is -0.395 e. The minimum atomic E-state index is -4.55. The molecule has 0 spiro atoms. The Kier molecular flexibility index (Phi) is 12.9. The fourth-order valence-electron chi connectivity index (χ4n) is 3.74. The molecule has 4 atom stereocenters. The highest BCUT2D eigenvalue weighted by Crippen LogP contribution is 2.45. The summed E-state index contributed by atoms with van der Waals surface area (Å²) in [7, 11) is -4.31. The summed E-state index contributed by atoms with van der Waals surface area (Å²) in [5.74, 6) is -0.171. The standard InChI is InChI=1S/C26H36F3N6O9PS/c1-15(35-14-31-20-21(35)33-24(30)34-22(20)39)44-19(18(38)11-36)12-43-45(41,42-8-9-46-23(40)25(2,3)13-37)32-10-16-4-6-17(7-5-16)26(27,28)29/h4-7,14-15,18-19,36-38H,8-13H2,1-3H3,(H,32,41)(H3,30,33,34,39)/t15?,18?,19-,45?/m1/s1. The summed E-state index contributed by atoms with van der Waals surface area (Å²) in [5.41, 5.74) is 3.47. The van der Waals surface area contributed by atoms with Gasteiger partial charge < -0.3 is 25.8 Å². The molecule has 20 heteroatoms. The van der Waals surface area contributed by atoms with Crippen LogP contribution in [0.3, 0.4) is 0 Å². The zero-order chi connectivity index (χ0) is 34.3. The van der Waals surface area contributed by atoms with Crippen molar-refractivity contribution in [3.63, 3.8) is 0 Å². The van der Waals surface area contributed by atoms with Crippen molar-refractivity contribution in [1.82, 2.24) is 24.6 Å². The van der Waals surface area contributed by atoms with E-state index in [-0.39, 0.29) is 41.1 Å². The quantitative estimate of drug-likeness (QED) is 0.0880. The minimum absolute atomic E-state index is 0.0107. The largest absolute Gasteiger partial charge is 0.416 e. The molecule has 7 N–H and O–H groups in total. The summed E-state index contributed by atoms with van der Waals surface area (Å²) in [5, 5.41) is 31.7. The number of nitrogens with zero attached hydrogens (tertiary/aromatic N) is 3. The number of H-pyrrole nitrogens is 1.